The molecule has 0 bridgehead atoms. The molecule has 8 heteroatoms. The van der Waals surface area contributed by atoms with E-state index in [0.717, 1.165) is 24.8 Å². The number of thiazole rings is 1. The highest BCUT2D eigenvalue weighted by Gasteiger charge is 2.23. The molecule has 3 rings (SSSR count). The van der Waals surface area contributed by atoms with Gasteiger partial charge in [0.25, 0.3) is 5.56 Å². The molecule has 1 amide bonds. The van der Waals surface area contributed by atoms with Gasteiger partial charge in [0.15, 0.2) is 0 Å². The zero-order valence-electron chi connectivity index (χ0n) is 16.7. The molecule has 156 valence electrons. The van der Waals surface area contributed by atoms with E-state index < -0.39 is 5.97 Å². The maximum Gasteiger partial charge on any atom is 0.333 e. The van der Waals surface area contributed by atoms with Gasteiger partial charge in [-0.15, -0.1) is 11.3 Å². The first-order chi connectivity index (χ1) is 14.0. The van der Waals surface area contributed by atoms with Gasteiger partial charge in [0.2, 0.25) is 5.91 Å². The summed E-state index contributed by atoms with van der Waals surface area (Å²) < 4.78 is 7.25. The van der Waals surface area contributed by atoms with Gasteiger partial charge in [0.05, 0.1) is 17.2 Å². The number of ether oxygens (including phenoxy) is 1. The van der Waals surface area contributed by atoms with Gasteiger partial charge in [-0.1, -0.05) is 19.8 Å². The average molecular weight is 435 g/mol. The number of rotatable bonds is 6. The van der Waals surface area contributed by atoms with E-state index in [9.17, 15) is 14.4 Å². The number of esters is 1. The number of nitrogens with one attached hydrogen (secondary N) is 1. The normalized spacial score (nSPS) is 20.6. The Balaban J connectivity index is 1.91. The van der Waals surface area contributed by atoms with Crippen LogP contribution in [0.25, 0.3) is 12.2 Å². The molecule has 1 fully saturated rings. The number of nitrogens with zero attached hydrogens (tertiary/aromatic N) is 1. The summed E-state index contributed by atoms with van der Waals surface area (Å²) in [6, 6.07) is 2.06. The van der Waals surface area contributed by atoms with Crippen LogP contribution in [0.3, 0.4) is 0 Å². The van der Waals surface area contributed by atoms with Gasteiger partial charge in [-0.3, -0.25) is 14.2 Å². The summed E-state index contributed by atoms with van der Waals surface area (Å²) in [6.45, 7) is 4.01. The average Bonchev–Trinajstić information content (AvgIpc) is 3.28. The van der Waals surface area contributed by atoms with Crippen LogP contribution in [0.5, 0.6) is 0 Å². The first-order valence-electron chi connectivity index (χ1n) is 9.89. The molecule has 29 heavy (non-hydrogen) atoms. The molecule has 2 heterocycles. The molecule has 0 radical (unpaired) electrons. The highest BCUT2D eigenvalue weighted by Crippen LogP contribution is 2.23. The van der Waals surface area contributed by atoms with Crippen LogP contribution >= 0.6 is 22.7 Å². The fourth-order valence-electron chi connectivity index (χ4n) is 3.51. The molecule has 1 aliphatic carbocycles. The van der Waals surface area contributed by atoms with Crippen molar-refractivity contribution in [2.24, 2.45) is 5.92 Å². The molecule has 1 saturated carbocycles. The third-order valence-electron chi connectivity index (χ3n) is 5.06. The number of carbonyl (C=O) groups excluding carboxylic acids is 2. The van der Waals surface area contributed by atoms with E-state index in [4.69, 9.17) is 4.74 Å². The van der Waals surface area contributed by atoms with E-state index in [1.807, 2.05) is 16.8 Å². The second kappa shape index (κ2) is 10.0. The molecule has 0 saturated heterocycles. The number of amides is 1. The Hall–Kier alpha value is -2.19. The highest BCUT2D eigenvalue weighted by molar-refractivity contribution is 7.08. The minimum absolute atomic E-state index is 0.110. The highest BCUT2D eigenvalue weighted by atomic mass is 32.1. The Kier molecular flexibility index (Phi) is 7.44. The van der Waals surface area contributed by atoms with Crippen molar-refractivity contribution in [2.45, 2.75) is 52.1 Å². The van der Waals surface area contributed by atoms with Crippen LogP contribution in [0.1, 0.15) is 45.1 Å². The number of carbonyl (C=O) groups is 2. The lowest BCUT2D eigenvalue weighted by Crippen LogP contribution is -2.45. The largest absolute Gasteiger partial charge is 0.463 e. The molecule has 2 atom stereocenters. The van der Waals surface area contributed by atoms with Crippen LogP contribution in [0.4, 0.5) is 0 Å². The summed E-state index contributed by atoms with van der Waals surface area (Å²) in [5, 5.41) is 6.95. The molecule has 0 aliphatic heterocycles. The molecule has 6 nitrogen and oxygen atoms in total. The Morgan fingerprint density at radius 1 is 1.34 bits per heavy atom. The summed E-state index contributed by atoms with van der Waals surface area (Å²) in [6.07, 6.45) is 7.43. The zero-order valence-corrected chi connectivity index (χ0v) is 18.3. The van der Waals surface area contributed by atoms with Crippen molar-refractivity contribution in [3.05, 3.63) is 41.9 Å². The van der Waals surface area contributed by atoms with Crippen molar-refractivity contribution in [1.82, 2.24) is 9.88 Å². The lowest BCUT2D eigenvalue weighted by molar-refractivity contribution is -0.135. The number of aromatic nitrogens is 1. The molecule has 2 aromatic heterocycles. The van der Waals surface area contributed by atoms with Gasteiger partial charge in [-0.2, -0.15) is 11.3 Å². The van der Waals surface area contributed by atoms with Crippen molar-refractivity contribution in [2.75, 3.05) is 6.61 Å². The van der Waals surface area contributed by atoms with Crippen LogP contribution in [-0.2, 0) is 20.9 Å². The molecule has 2 aromatic rings. The third kappa shape index (κ3) is 5.67. The maximum absolute atomic E-state index is 12.9. The van der Waals surface area contributed by atoms with E-state index in [1.165, 1.54) is 28.4 Å². The van der Waals surface area contributed by atoms with Crippen molar-refractivity contribution in [3.8, 4) is 0 Å². The second-order valence-electron chi connectivity index (χ2n) is 7.23. The van der Waals surface area contributed by atoms with Crippen molar-refractivity contribution in [1.29, 1.82) is 0 Å². The predicted octanol–water partition coefficient (Wildman–Crippen LogP) is 1.84. The number of hydrogen-bond acceptors (Lipinski definition) is 6. The Morgan fingerprint density at radius 3 is 2.83 bits per heavy atom. The van der Waals surface area contributed by atoms with Crippen molar-refractivity contribution in [3.63, 3.8) is 0 Å². The van der Waals surface area contributed by atoms with Gasteiger partial charge in [-0.25, -0.2) is 4.79 Å². The van der Waals surface area contributed by atoms with Crippen LogP contribution in [0, 0.1) is 5.92 Å². The third-order valence-corrected chi connectivity index (χ3v) is 6.83. The lowest BCUT2D eigenvalue weighted by atomic mass is 9.86. The lowest BCUT2D eigenvalue weighted by Gasteiger charge is -2.29. The van der Waals surface area contributed by atoms with Gasteiger partial charge < -0.3 is 10.1 Å². The van der Waals surface area contributed by atoms with Gasteiger partial charge >= 0.3 is 5.97 Å². The van der Waals surface area contributed by atoms with E-state index >= 15 is 0 Å². The van der Waals surface area contributed by atoms with Gasteiger partial charge in [-0.05, 0) is 54.1 Å². The van der Waals surface area contributed by atoms with Crippen LogP contribution in [0.2, 0.25) is 0 Å². The van der Waals surface area contributed by atoms with E-state index in [1.54, 1.807) is 24.3 Å². The van der Waals surface area contributed by atoms with E-state index in [0.29, 0.717) is 15.1 Å². The van der Waals surface area contributed by atoms with E-state index in [-0.39, 0.29) is 30.7 Å². The summed E-state index contributed by atoms with van der Waals surface area (Å²) in [4.78, 5) is 37.6. The Labute approximate surface area is 177 Å². The first kappa shape index (κ1) is 21.5. The summed E-state index contributed by atoms with van der Waals surface area (Å²) in [5.74, 6) is -0.296. The summed E-state index contributed by atoms with van der Waals surface area (Å²) in [5.41, 5.74) is 0.646. The number of thiophene rings is 1. The van der Waals surface area contributed by atoms with Crippen molar-refractivity contribution < 1.29 is 14.3 Å². The predicted molar refractivity (Wildman–Crippen MR) is 116 cm³/mol. The first-order valence-corrected chi connectivity index (χ1v) is 11.6. The minimum atomic E-state index is -0.522. The van der Waals surface area contributed by atoms with Gasteiger partial charge in [0.1, 0.15) is 11.2 Å². The van der Waals surface area contributed by atoms with Crippen LogP contribution in [0.15, 0.2) is 21.6 Å². The molecule has 1 aliphatic rings. The SMILES string of the molecule is CCOC(=O)/C=c1\s/c(=C\c2ccsc2)c(=O)n1CC(=O)N[C@H]1CCCC[C@@H]1C. The molecule has 0 unspecified atom stereocenters. The summed E-state index contributed by atoms with van der Waals surface area (Å²) >= 11 is 2.73. The molecular formula is C21H26N2O4S2. The topological polar surface area (TPSA) is 77.4 Å². The monoisotopic (exact) mass is 434 g/mol. The van der Waals surface area contributed by atoms with Gasteiger partial charge in [0, 0.05) is 6.04 Å². The Bertz CT molecular complexity index is 1020. The molecule has 0 spiro atoms. The smallest absolute Gasteiger partial charge is 0.333 e. The fourth-order valence-corrected chi connectivity index (χ4v) is 5.16. The van der Waals surface area contributed by atoms with Crippen molar-refractivity contribution >= 4 is 46.7 Å². The Morgan fingerprint density at radius 2 is 2.14 bits per heavy atom. The zero-order chi connectivity index (χ0) is 20.8. The minimum Gasteiger partial charge on any atom is -0.463 e. The molecular weight excluding hydrogens is 408 g/mol. The van der Waals surface area contributed by atoms with Crippen LogP contribution < -0.4 is 20.1 Å². The number of hydrogen-bond donors (Lipinski definition) is 1. The van der Waals surface area contributed by atoms with Crippen LogP contribution in [-0.4, -0.2) is 29.1 Å². The quantitative estimate of drug-likeness (QED) is 0.704. The maximum atomic E-state index is 12.9. The standard InChI is InChI=1S/C21H26N2O4S2/c1-3-27-20(25)11-19-23(12-18(24)22-16-7-5-4-6-14(16)2)21(26)17(29-19)10-15-8-9-28-13-15/h8-11,13-14,16H,3-7,12H2,1-2H3,(H,22,24)/b17-10-,19-11-/t14-,16-/m0/s1. The molecule has 1 N–H and O–H groups in total. The van der Waals surface area contributed by atoms with E-state index in [2.05, 4.69) is 12.2 Å². The second-order valence-corrected chi connectivity index (χ2v) is 9.07. The molecule has 0 aromatic carbocycles. The summed E-state index contributed by atoms with van der Waals surface area (Å²) in [7, 11) is 0. The fraction of sp³-hybridized carbons (Fsp3) is 0.476.